The van der Waals surface area contributed by atoms with Crippen molar-refractivity contribution in [3.63, 3.8) is 0 Å². The monoisotopic (exact) mass is 385 g/mol. The minimum Gasteiger partial charge on any atom is -0.353 e. The van der Waals surface area contributed by atoms with E-state index < -0.39 is 17.6 Å². The van der Waals surface area contributed by atoms with E-state index in [4.69, 9.17) is 0 Å². The number of alkyl halides is 3. The summed E-state index contributed by atoms with van der Waals surface area (Å²) in [7, 11) is 0. The Kier molecular flexibility index (Phi) is 8.09. The van der Waals surface area contributed by atoms with Crippen molar-refractivity contribution in [2.45, 2.75) is 50.7 Å². The van der Waals surface area contributed by atoms with Crippen LogP contribution >= 0.6 is 0 Å². The highest BCUT2D eigenvalue weighted by atomic mass is 19.4. The van der Waals surface area contributed by atoms with Crippen LogP contribution in [-0.4, -0.2) is 37.5 Å². The summed E-state index contributed by atoms with van der Waals surface area (Å²) in [5, 5.41) is 8.54. The molecule has 3 N–H and O–H groups in total. The average Bonchev–Trinajstić information content (AvgIpc) is 2.91. The topological polar surface area (TPSA) is 70.2 Å². The van der Waals surface area contributed by atoms with Crippen molar-refractivity contribution in [2.24, 2.45) is 0 Å². The molecule has 0 aliphatic heterocycles. The van der Waals surface area contributed by atoms with E-state index in [1.807, 2.05) is 0 Å². The molecule has 0 heterocycles. The normalized spacial score (nSPS) is 15.8. The molecule has 0 atom stereocenters. The van der Waals surface area contributed by atoms with Gasteiger partial charge in [-0.2, -0.15) is 13.2 Å². The zero-order valence-electron chi connectivity index (χ0n) is 15.2. The first-order valence-electron chi connectivity index (χ1n) is 9.32. The van der Waals surface area contributed by atoms with Crippen molar-refractivity contribution in [3.05, 3.63) is 35.4 Å². The van der Waals surface area contributed by atoms with E-state index in [9.17, 15) is 22.8 Å². The first-order valence-corrected chi connectivity index (χ1v) is 9.32. The Morgan fingerprint density at radius 3 is 2.15 bits per heavy atom. The molecule has 1 fully saturated rings. The molecule has 1 aliphatic carbocycles. The zero-order chi connectivity index (χ0) is 19.7. The lowest BCUT2D eigenvalue weighted by molar-refractivity contribution is -0.137. The second-order valence-corrected chi connectivity index (χ2v) is 6.75. The van der Waals surface area contributed by atoms with Gasteiger partial charge >= 0.3 is 6.18 Å². The molecule has 0 aromatic heterocycles. The van der Waals surface area contributed by atoms with Crippen LogP contribution in [0, 0.1) is 0 Å². The largest absolute Gasteiger partial charge is 0.416 e. The van der Waals surface area contributed by atoms with Crippen LogP contribution < -0.4 is 16.0 Å². The number of hydrogen-bond donors (Lipinski definition) is 3. The summed E-state index contributed by atoms with van der Waals surface area (Å²) in [6.45, 7) is 0.915. The van der Waals surface area contributed by atoms with Gasteiger partial charge in [-0.3, -0.25) is 9.59 Å². The smallest absolute Gasteiger partial charge is 0.353 e. The molecule has 8 heteroatoms. The van der Waals surface area contributed by atoms with Crippen molar-refractivity contribution >= 4 is 11.8 Å². The molecule has 1 aromatic rings. The summed E-state index contributed by atoms with van der Waals surface area (Å²) in [6, 6.07) is 4.37. The van der Waals surface area contributed by atoms with Crippen molar-refractivity contribution in [1.29, 1.82) is 0 Å². The van der Waals surface area contributed by atoms with Gasteiger partial charge in [0.1, 0.15) is 0 Å². The maximum atomic E-state index is 12.5. The number of nitrogens with one attached hydrogen (secondary N) is 3. The number of benzene rings is 1. The molecule has 0 saturated heterocycles. The highest BCUT2D eigenvalue weighted by Crippen LogP contribution is 2.29. The Hall–Kier alpha value is -2.09. The molecule has 0 unspecified atom stereocenters. The molecule has 1 aliphatic rings. The molecule has 5 nitrogen and oxygen atoms in total. The molecule has 0 spiro atoms. The highest BCUT2D eigenvalue weighted by molar-refractivity contribution is 5.96. The number of halogens is 3. The van der Waals surface area contributed by atoms with Crippen LogP contribution in [0.25, 0.3) is 0 Å². The SMILES string of the molecule is O=C(CNC(=O)c1ccc(C(F)(F)F)cc1)NCCNC1CCCCCC1. The molecular formula is C19H26F3N3O2. The van der Waals surface area contributed by atoms with Gasteiger partial charge in [0.25, 0.3) is 5.91 Å². The molecule has 1 aromatic carbocycles. The van der Waals surface area contributed by atoms with Gasteiger partial charge in [-0.1, -0.05) is 25.7 Å². The Bertz CT molecular complexity index is 610. The second kappa shape index (κ2) is 10.3. The van der Waals surface area contributed by atoms with Crippen LogP contribution in [0.5, 0.6) is 0 Å². The first kappa shape index (κ1) is 21.2. The quantitative estimate of drug-likeness (QED) is 0.499. The molecule has 0 radical (unpaired) electrons. The van der Waals surface area contributed by atoms with Crippen molar-refractivity contribution < 1.29 is 22.8 Å². The highest BCUT2D eigenvalue weighted by Gasteiger charge is 2.30. The molecular weight excluding hydrogens is 359 g/mol. The molecule has 150 valence electrons. The minimum atomic E-state index is -4.44. The van der Waals surface area contributed by atoms with Gasteiger partial charge in [0.05, 0.1) is 12.1 Å². The molecule has 27 heavy (non-hydrogen) atoms. The molecule has 1 saturated carbocycles. The Morgan fingerprint density at radius 1 is 0.926 bits per heavy atom. The third-order valence-electron chi connectivity index (χ3n) is 4.62. The fraction of sp³-hybridized carbons (Fsp3) is 0.579. The van der Waals surface area contributed by atoms with Crippen LogP contribution in [0.15, 0.2) is 24.3 Å². The van der Waals surface area contributed by atoms with E-state index in [0.717, 1.165) is 37.1 Å². The number of rotatable bonds is 7. The van der Waals surface area contributed by atoms with Gasteiger partial charge in [-0.25, -0.2) is 0 Å². The maximum Gasteiger partial charge on any atom is 0.416 e. The number of hydrogen-bond acceptors (Lipinski definition) is 3. The van der Waals surface area contributed by atoms with Gasteiger partial charge in [-0.05, 0) is 37.1 Å². The summed E-state index contributed by atoms with van der Waals surface area (Å²) in [6.07, 6.45) is 2.93. The Labute approximate surface area is 157 Å². The maximum absolute atomic E-state index is 12.5. The predicted octanol–water partition coefficient (Wildman–Crippen LogP) is 2.86. The summed E-state index contributed by atoms with van der Waals surface area (Å²) in [4.78, 5) is 23.7. The van der Waals surface area contributed by atoms with E-state index >= 15 is 0 Å². The summed E-state index contributed by atoms with van der Waals surface area (Å²) in [5.41, 5.74) is -0.746. The fourth-order valence-corrected chi connectivity index (χ4v) is 3.10. The third-order valence-corrected chi connectivity index (χ3v) is 4.62. The van der Waals surface area contributed by atoms with Gasteiger partial charge in [0.2, 0.25) is 5.91 Å². The predicted molar refractivity (Wildman–Crippen MR) is 96.3 cm³/mol. The van der Waals surface area contributed by atoms with Crippen LogP contribution in [-0.2, 0) is 11.0 Å². The fourth-order valence-electron chi connectivity index (χ4n) is 3.10. The number of amides is 2. The molecule has 2 amide bonds. The lowest BCUT2D eigenvalue weighted by atomic mass is 10.1. The van der Waals surface area contributed by atoms with Crippen molar-refractivity contribution in [2.75, 3.05) is 19.6 Å². The lowest BCUT2D eigenvalue weighted by Gasteiger charge is -2.16. The van der Waals surface area contributed by atoms with Crippen LogP contribution in [0.4, 0.5) is 13.2 Å². The van der Waals surface area contributed by atoms with Crippen LogP contribution in [0.3, 0.4) is 0 Å². The zero-order valence-corrected chi connectivity index (χ0v) is 15.2. The third kappa shape index (κ3) is 7.58. The van der Waals surface area contributed by atoms with Gasteiger partial charge in [0, 0.05) is 24.7 Å². The van der Waals surface area contributed by atoms with E-state index in [-0.39, 0.29) is 18.0 Å². The van der Waals surface area contributed by atoms with E-state index in [2.05, 4.69) is 16.0 Å². The average molecular weight is 385 g/mol. The number of carbonyl (C=O) groups is 2. The number of carbonyl (C=O) groups excluding carboxylic acids is 2. The van der Waals surface area contributed by atoms with Gasteiger partial charge < -0.3 is 16.0 Å². The summed E-state index contributed by atoms with van der Waals surface area (Å²) < 4.78 is 37.5. The van der Waals surface area contributed by atoms with E-state index in [1.165, 1.54) is 25.7 Å². The summed E-state index contributed by atoms with van der Waals surface area (Å²) in [5.74, 6) is -0.923. The van der Waals surface area contributed by atoms with E-state index in [0.29, 0.717) is 19.1 Å². The first-order chi connectivity index (χ1) is 12.9. The standard InChI is InChI=1S/C19H26F3N3O2/c20-19(21,22)15-9-7-14(8-10-15)18(27)25-13-17(26)24-12-11-23-16-5-3-1-2-4-6-16/h7-10,16,23H,1-6,11-13H2,(H,24,26)(H,25,27). The Morgan fingerprint density at radius 2 is 1.56 bits per heavy atom. The van der Waals surface area contributed by atoms with Crippen molar-refractivity contribution in [3.8, 4) is 0 Å². The Balaban J connectivity index is 1.63. The summed E-state index contributed by atoms with van der Waals surface area (Å²) >= 11 is 0. The van der Waals surface area contributed by atoms with Crippen molar-refractivity contribution in [1.82, 2.24) is 16.0 Å². The van der Waals surface area contributed by atoms with Gasteiger partial charge in [-0.15, -0.1) is 0 Å². The van der Waals surface area contributed by atoms with Crippen LogP contribution in [0.1, 0.15) is 54.4 Å². The minimum absolute atomic E-state index is 0.0748. The second-order valence-electron chi connectivity index (χ2n) is 6.75. The van der Waals surface area contributed by atoms with Gasteiger partial charge in [0.15, 0.2) is 0 Å². The lowest BCUT2D eigenvalue weighted by Crippen LogP contribution is -2.41. The van der Waals surface area contributed by atoms with Crippen LogP contribution in [0.2, 0.25) is 0 Å². The molecule has 0 bridgehead atoms. The molecule has 2 rings (SSSR count). The van der Waals surface area contributed by atoms with E-state index in [1.54, 1.807) is 0 Å².